The molecule has 0 aromatic heterocycles. The largest absolute Gasteiger partial charge is 0.496 e. The van der Waals surface area contributed by atoms with Gasteiger partial charge in [0.25, 0.3) is 0 Å². The standard InChI is InChI=1S/C9H12N2O/c1-7(11-10)8-5-3-4-6-9(8)12-2/h3-7,10H,1-2H3. The SMILES string of the molecule is COc1ccccc1C(C)N=N. The maximum atomic E-state index is 6.89. The van der Waals surface area contributed by atoms with E-state index in [4.69, 9.17) is 10.3 Å². The van der Waals surface area contributed by atoms with E-state index >= 15 is 0 Å². The Bertz CT molecular complexity index is 273. The van der Waals surface area contributed by atoms with E-state index in [0.29, 0.717) is 0 Å². The van der Waals surface area contributed by atoms with Crippen LogP contribution in [0.5, 0.6) is 5.75 Å². The van der Waals surface area contributed by atoms with Gasteiger partial charge in [-0.15, -0.1) is 0 Å². The monoisotopic (exact) mass is 164 g/mol. The van der Waals surface area contributed by atoms with Crippen LogP contribution in [0.3, 0.4) is 0 Å². The Hall–Kier alpha value is -1.38. The number of benzene rings is 1. The third kappa shape index (κ3) is 1.61. The highest BCUT2D eigenvalue weighted by molar-refractivity contribution is 5.35. The number of nitrogens with one attached hydrogen (secondary N) is 1. The van der Waals surface area contributed by atoms with E-state index in [9.17, 15) is 0 Å². The molecule has 3 nitrogen and oxygen atoms in total. The average molecular weight is 164 g/mol. The molecule has 64 valence electrons. The first kappa shape index (κ1) is 8.71. The molecule has 0 heterocycles. The fourth-order valence-electron chi connectivity index (χ4n) is 1.08. The third-order valence-corrected chi connectivity index (χ3v) is 1.78. The Balaban J connectivity index is 3.04. The molecular weight excluding hydrogens is 152 g/mol. The van der Waals surface area contributed by atoms with Crippen molar-refractivity contribution in [2.24, 2.45) is 5.11 Å². The van der Waals surface area contributed by atoms with E-state index in [1.165, 1.54) is 0 Å². The molecule has 1 unspecified atom stereocenters. The van der Waals surface area contributed by atoms with Crippen molar-refractivity contribution in [2.75, 3.05) is 7.11 Å². The summed E-state index contributed by atoms with van der Waals surface area (Å²) in [5.74, 6) is 0.793. The molecule has 0 saturated heterocycles. The van der Waals surface area contributed by atoms with Crippen LogP contribution in [0.2, 0.25) is 0 Å². The Kier molecular flexibility index (Phi) is 2.80. The van der Waals surface area contributed by atoms with Gasteiger partial charge in [-0.1, -0.05) is 18.2 Å². The molecule has 0 spiro atoms. The number of hydrogen-bond acceptors (Lipinski definition) is 3. The molecule has 0 bridgehead atoms. The van der Waals surface area contributed by atoms with Crippen LogP contribution >= 0.6 is 0 Å². The first-order valence-corrected chi connectivity index (χ1v) is 3.79. The first-order valence-electron chi connectivity index (χ1n) is 3.79. The minimum absolute atomic E-state index is 0.124. The molecule has 1 rings (SSSR count). The maximum Gasteiger partial charge on any atom is 0.124 e. The summed E-state index contributed by atoms with van der Waals surface area (Å²) in [6.45, 7) is 1.87. The molecule has 3 heteroatoms. The van der Waals surface area contributed by atoms with E-state index in [1.54, 1.807) is 7.11 Å². The van der Waals surface area contributed by atoms with Crippen molar-refractivity contribution in [2.45, 2.75) is 13.0 Å². The lowest BCUT2D eigenvalue weighted by Gasteiger charge is -2.09. The minimum atomic E-state index is -0.124. The van der Waals surface area contributed by atoms with E-state index in [1.807, 2.05) is 31.2 Å². The number of methoxy groups -OCH3 is 1. The minimum Gasteiger partial charge on any atom is -0.496 e. The number of ether oxygens (including phenoxy) is 1. The molecular formula is C9H12N2O. The molecule has 0 aliphatic heterocycles. The molecule has 1 atom stereocenters. The quantitative estimate of drug-likeness (QED) is 0.686. The second-order valence-corrected chi connectivity index (χ2v) is 2.55. The van der Waals surface area contributed by atoms with Crippen molar-refractivity contribution < 1.29 is 4.74 Å². The first-order chi connectivity index (χ1) is 5.79. The second kappa shape index (κ2) is 3.85. The van der Waals surface area contributed by atoms with Crippen LogP contribution in [0.15, 0.2) is 29.4 Å². The van der Waals surface area contributed by atoms with Gasteiger partial charge in [-0.05, 0) is 13.0 Å². The van der Waals surface area contributed by atoms with Gasteiger partial charge in [0.1, 0.15) is 5.75 Å². The molecule has 1 aromatic rings. The average Bonchev–Trinajstić information content (AvgIpc) is 2.16. The van der Waals surface area contributed by atoms with Gasteiger partial charge < -0.3 is 4.74 Å². The summed E-state index contributed by atoms with van der Waals surface area (Å²) in [7, 11) is 1.62. The second-order valence-electron chi connectivity index (χ2n) is 2.55. The Labute approximate surface area is 71.9 Å². The lowest BCUT2D eigenvalue weighted by atomic mass is 10.1. The Morgan fingerprint density at radius 1 is 1.42 bits per heavy atom. The van der Waals surface area contributed by atoms with Crippen molar-refractivity contribution in [1.82, 2.24) is 0 Å². The normalized spacial score (nSPS) is 12.2. The summed E-state index contributed by atoms with van der Waals surface area (Å²) >= 11 is 0. The van der Waals surface area contributed by atoms with E-state index in [-0.39, 0.29) is 6.04 Å². The molecule has 0 aliphatic rings. The van der Waals surface area contributed by atoms with Gasteiger partial charge >= 0.3 is 0 Å². The van der Waals surface area contributed by atoms with Crippen LogP contribution in [0.4, 0.5) is 0 Å². The van der Waals surface area contributed by atoms with E-state index < -0.39 is 0 Å². The zero-order valence-electron chi connectivity index (χ0n) is 7.24. The Morgan fingerprint density at radius 3 is 2.67 bits per heavy atom. The molecule has 0 radical (unpaired) electrons. The van der Waals surface area contributed by atoms with Crippen molar-refractivity contribution in [3.8, 4) is 5.75 Å². The summed E-state index contributed by atoms with van der Waals surface area (Å²) in [5, 5.41) is 3.44. The van der Waals surface area contributed by atoms with Crippen LogP contribution in [-0.4, -0.2) is 7.11 Å². The molecule has 0 saturated carbocycles. The number of para-hydroxylation sites is 1. The third-order valence-electron chi connectivity index (χ3n) is 1.78. The summed E-state index contributed by atoms with van der Waals surface area (Å²) in [6.07, 6.45) is 0. The predicted molar refractivity (Wildman–Crippen MR) is 46.6 cm³/mol. The summed E-state index contributed by atoms with van der Waals surface area (Å²) in [4.78, 5) is 0. The van der Waals surface area contributed by atoms with Gasteiger partial charge in [0, 0.05) is 5.56 Å². The molecule has 1 aromatic carbocycles. The number of hydrogen-bond donors (Lipinski definition) is 1. The Morgan fingerprint density at radius 2 is 2.08 bits per heavy atom. The summed E-state index contributed by atoms with van der Waals surface area (Å²) in [5.41, 5.74) is 7.84. The van der Waals surface area contributed by atoms with Gasteiger partial charge in [0.2, 0.25) is 0 Å². The van der Waals surface area contributed by atoms with Gasteiger partial charge in [-0.2, -0.15) is 5.11 Å². The fraction of sp³-hybridized carbons (Fsp3) is 0.333. The van der Waals surface area contributed by atoms with Gasteiger partial charge in [-0.25, -0.2) is 5.53 Å². The van der Waals surface area contributed by atoms with Crippen LogP contribution in [-0.2, 0) is 0 Å². The lowest BCUT2D eigenvalue weighted by molar-refractivity contribution is 0.406. The molecule has 12 heavy (non-hydrogen) atoms. The maximum absolute atomic E-state index is 6.89. The predicted octanol–water partition coefficient (Wildman–Crippen LogP) is 2.79. The molecule has 0 aliphatic carbocycles. The molecule has 1 N–H and O–H groups in total. The van der Waals surface area contributed by atoms with Gasteiger partial charge in [0.15, 0.2) is 0 Å². The highest BCUT2D eigenvalue weighted by Gasteiger charge is 2.07. The highest BCUT2D eigenvalue weighted by Crippen LogP contribution is 2.26. The van der Waals surface area contributed by atoms with E-state index in [2.05, 4.69) is 5.11 Å². The van der Waals surface area contributed by atoms with Crippen LogP contribution in [0, 0.1) is 5.53 Å². The molecule has 0 fully saturated rings. The highest BCUT2D eigenvalue weighted by atomic mass is 16.5. The van der Waals surface area contributed by atoms with Gasteiger partial charge in [0.05, 0.1) is 13.2 Å². The van der Waals surface area contributed by atoms with Crippen molar-refractivity contribution in [1.29, 1.82) is 5.53 Å². The van der Waals surface area contributed by atoms with Gasteiger partial charge in [-0.3, -0.25) is 0 Å². The zero-order chi connectivity index (χ0) is 8.97. The van der Waals surface area contributed by atoms with Crippen molar-refractivity contribution in [3.63, 3.8) is 0 Å². The topological polar surface area (TPSA) is 45.4 Å². The summed E-state index contributed by atoms with van der Waals surface area (Å²) < 4.78 is 5.12. The van der Waals surface area contributed by atoms with Crippen molar-refractivity contribution in [3.05, 3.63) is 29.8 Å². The van der Waals surface area contributed by atoms with Crippen LogP contribution < -0.4 is 4.74 Å². The zero-order valence-corrected chi connectivity index (χ0v) is 7.24. The van der Waals surface area contributed by atoms with Crippen molar-refractivity contribution >= 4 is 0 Å². The van der Waals surface area contributed by atoms with E-state index in [0.717, 1.165) is 11.3 Å². The lowest BCUT2D eigenvalue weighted by Crippen LogP contribution is -1.93. The number of rotatable bonds is 3. The molecule has 0 amide bonds. The number of nitrogens with zero attached hydrogens (tertiary/aromatic N) is 1. The fourth-order valence-corrected chi connectivity index (χ4v) is 1.08. The van der Waals surface area contributed by atoms with Crippen LogP contribution in [0.25, 0.3) is 0 Å². The summed E-state index contributed by atoms with van der Waals surface area (Å²) in [6, 6.07) is 7.48. The smallest absolute Gasteiger partial charge is 0.124 e. The van der Waals surface area contributed by atoms with Crippen LogP contribution in [0.1, 0.15) is 18.5 Å².